The number of fused-ring (bicyclic) bond motifs is 2. The van der Waals surface area contributed by atoms with E-state index in [1.165, 1.54) is 0 Å². The van der Waals surface area contributed by atoms with E-state index in [9.17, 15) is 13.4 Å². The van der Waals surface area contributed by atoms with Crippen LogP contribution in [-0.2, 0) is 22.6 Å². The van der Waals surface area contributed by atoms with E-state index in [1.54, 1.807) is 64.3 Å². The number of aromatic nitrogens is 4. The monoisotopic (exact) mass is 506 g/mol. The Balaban J connectivity index is 1.55. The van der Waals surface area contributed by atoms with Crippen molar-refractivity contribution in [1.82, 2.24) is 24.2 Å². The van der Waals surface area contributed by atoms with Crippen LogP contribution in [0.3, 0.4) is 0 Å². The molecule has 2 aliphatic heterocycles. The minimum absolute atomic E-state index is 0.0133. The first kappa shape index (κ1) is 22.9. The van der Waals surface area contributed by atoms with E-state index >= 15 is 0 Å². The van der Waals surface area contributed by atoms with Crippen LogP contribution in [0.2, 0.25) is 0 Å². The minimum atomic E-state index is -2.75. The van der Waals surface area contributed by atoms with Gasteiger partial charge >= 0.3 is 5.69 Å². The van der Waals surface area contributed by atoms with Crippen LogP contribution in [0, 0.1) is 24.4 Å². The van der Waals surface area contributed by atoms with Crippen LogP contribution in [0.15, 0.2) is 52.4 Å². The topological polar surface area (TPSA) is 97.7 Å². The Bertz CT molecular complexity index is 1690. The number of benzene rings is 2. The molecule has 8 nitrogen and oxygen atoms in total. The molecule has 10 heteroatoms. The molecular formula is C26H27FN6O2S. The Morgan fingerprint density at radius 3 is 2.56 bits per heavy atom. The van der Waals surface area contributed by atoms with Crippen molar-refractivity contribution >= 4 is 9.73 Å². The van der Waals surface area contributed by atoms with Gasteiger partial charge in [-0.1, -0.05) is 0 Å². The highest BCUT2D eigenvalue weighted by atomic mass is 32.2. The summed E-state index contributed by atoms with van der Waals surface area (Å²) < 4.78 is 39.8. The molecule has 1 unspecified atom stereocenters. The van der Waals surface area contributed by atoms with Gasteiger partial charge in [0.1, 0.15) is 11.6 Å². The second kappa shape index (κ2) is 8.01. The van der Waals surface area contributed by atoms with E-state index in [-0.39, 0.29) is 17.5 Å². The van der Waals surface area contributed by atoms with Crippen LogP contribution in [-0.4, -0.2) is 35.4 Å². The smallest absolute Gasteiger partial charge is 0.310 e. The first-order chi connectivity index (χ1) is 17.2. The SMILES string of the molecule is Cc1cc(-n2nc3c(c2-n2ccn(-c4ccc5c(c4)CCS5(=N)=O)c2=O)[C@H](C)NCC3)cc(C)c1F. The zero-order chi connectivity index (χ0) is 25.4. The maximum absolute atomic E-state index is 14.4. The van der Waals surface area contributed by atoms with Gasteiger partial charge in [0, 0.05) is 42.7 Å². The third-order valence-corrected chi connectivity index (χ3v) is 9.11. The van der Waals surface area contributed by atoms with Crippen molar-refractivity contribution in [3.63, 3.8) is 0 Å². The van der Waals surface area contributed by atoms with Gasteiger partial charge in [0.05, 0.1) is 31.7 Å². The summed E-state index contributed by atoms with van der Waals surface area (Å²) in [7, 11) is -2.75. The highest BCUT2D eigenvalue weighted by Gasteiger charge is 2.29. The molecule has 36 heavy (non-hydrogen) atoms. The molecule has 2 N–H and O–H groups in total. The molecule has 0 amide bonds. The summed E-state index contributed by atoms with van der Waals surface area (Å²) in [6.45, 7) is 6.29. The average molecular weight is 507 g/mol. The van der Waals surface area contributed by atoms with Crippen molar-refractivity contribution in [1.29, 1.82) is 4.78 Å². The Morgan fingerprint density at radius 1 is 1.08 bits per heavy atom. The van der Waals surface area contributed by atoms with Crippen LogP contribution in [0.5, 0.6) is 0 Å². The molecule has 2 aliphatic rings. The fourth-order valence-corrected chi connectivity index (χ4v) is 6.99. The quantitative estimate of drug-likeness (QED) is 0.442. The molecule has 2 atom stereocenters. The number of nitrogens with zero attached hydrogens (tertiary/aromatic N) is 4. The molecule has 0 fully saturated rings. The number of rotatable bonds is 3. The second-order valence-corrected chi connectivity index (χ2v) is 11.9. The second-order valence-electron chi connectivity index (χ2n) is 9.66. The van der Waals surface area contributed by atoms with Gasteiger partial charge in [-0.2, -0.15) is 5.10 Å². The Morgan fingerprint density at radius 2 is 1.81 bits per heavy atom. The van der Waals surface area contributed by atoms with Gasteiger partial charge in [-0.05, 0) is 74.2 Å². The van der Waals surface area contributed by atoms with Gasteiger partial charge in [0.25, 0.3) is 0 Å². The average Bonchev–Trinajstić information content (AvgIpc) is 3.50. The van der Waals surface area contributed by atoms with Crippen LogP contribution in [0.25, 0.3) is 17.2 Å². The maximum Gasteiger partial charge on any atom is 0.338 e. The largest absolute Gasteiger partial charge is 0.338 e. The molecule has 0 saturated carbocycles. The van der Waals surface area contributed by atoms with Crippen molar-refractivity contribution in [3.05, 3.63) is 87.0 Å². The summed E-state index contributed by atoms with van der Waals surface area (Å²) >= 11 is 0. The van der Waals surface area contributed by atoms with Crippen LogP contribution in [0.1, 0.15) is 40.9 Å². The predicted octanol–water partition coefficient (Wildman–Crippen LogP) is 3.74. The fraction of sp³-hybridized carbons (Fsp3) is 0.308. The Kier molecular flexibility index (Phi) is 5.10. The number of nitrogens with one attached hydrogen (secondary N) is 2. The number of hydrogen-bond donors (Lipinski definition) is 2. The molecular weight excluding hydrogens is 479 g/mol. The molecule has 2 aromatic carbocycles. The van der Waals surface area contributed by atoms with E-state index < -0.39 is 9.73 Å². The van der Waals surface area contributed by atoms with E-state index in [4.69, 9.17) is 9.88 Å². The fourth-order valence-electron chi connectivity index (χ4n) is 5.39. The number of imidazole rings is 1. The van der Waals surface area contributed by atoms with Crippen LogP contribution >= 0.6 is 0 Å². The van der Waals surface area contributed by atoms with E-state index in [0.29, 0.717) is 45.4 Å². The van der Waals surface area contributed by atoms with Crippen LogP contribution < -0.4 is 11.0 Å². The summed E-state index contributed by atoms with van der Waals surface area (Å²) in [5.74, 6) is 0.701. The highest BCUT2D eigenvalue weighted by Crippen LogP contribution is 2.32. The summed E-state index contributed by atoms with van der Waals surface area (Å²) in [5, 5.41) is 8.34. The van der Waals surface area contributed by atoms with Gasteiger partial charge in [-0.15, -0.1) is 0 Å². The minimum Gasteiger partial charge on any atom is -0.310 e. The molecule has 0 bridgehead atoms. The van der Waals surface area contributed by atoms with Gasteiger partial charge in [-0.3, -0.25) is 9.13 Å². The molecule has 0 radical (unpaired) electrons. The molecule has 6 rings (SSSR count). The maximum atomic E-state index is 14.4. The molecule has 4 aromatic rings. The van der Waals surface area contributed by atoms with Crippen molar-refractivity contribution in [3.8, 4) is 17.2 Å². The summed E-state index contributed by atoms with van der Waals surface area (Å²) in [6, 6.07) is 8.80. The van der Waals surface area contributed by atoms with Crippen molar-refractivity contribution in [2.24, 2.45) is 0 Å². The number of aryl methyl sites for hydroxylation is 3. The predicted molar refractivity (Wildman–Crippen MR) is 136 cm³/mol. The van der Waals surface area contributed by atoms with Gasteiger partial charge < -0.3 is 5.32 Å². The van der Waals surface area contributed by atoms with Gasteiger partial charge in [0.2, 0.25) is 0 Å². The summed E-state index contributed by atoms with van der Waals surface area (Å²) in [6.07, 6.45) is 4.73. The zero-order valence-electron chi connectivity index (χ0n) is 20.3. The third-order valence-electron chi connectivity index (χ3n) is 7.23. The first-order valence-electron chi connectivity index (χ1n) is 12.0. The van der Waals surface area contributed by atoms with E-state index in [1.807, 2.05) is 6.07 Å². The Hall–Kier alpha value is -3.50. The van der Waals surface area contributed by atoms with Crippen molar-refractivity contribution in [2.45, 2.75) is 44.6 Å². The third kappa shape index (κ3) is 3.39. The summed E-state index contributed by atoms with van der Waals surface area (Å²) in [4.78, 5) is 14.3. The van der Waals surface area contributed by atoms with Crippen molar-refractivity contribution < 1.29 is 8.60 Å². The summed E-state index contributed by atoms with van der Waals surface area (Å²) in [5.41, 5.74) is 4.84. The standard InChI is InChI=1S/C26H27FN6O2S/c1-15-12-20(13-16(2)24(15)27)33-25(23-17(3)29-8-6-21(23)30-33)32-10-9-31(26(32)34)19-4-5-22-18(14-19)7-11-36(22,28)35/h4-5,9-10,12-14,17,28-29H,6-8,11H2,1-3H3/t17-,36?/m0/s1. The lowest BCUT2D eigenvalue weighted by molar-refractivity contribution is 0.536. The highest BCUT2D eigenvalue weighted by molar-refractivity contribution is 7.92. The zero-order valence-corrected chi connectivity index (χ0v) is 21.2. The van der Waals surface area contributed by atoms with Crippen molar-refractivity contribution in [2.75, 3.05) is 12.3 Å². The lowest BCUT2D eigenvalue weighted by atomic mass is 10.0. The lowest BCUT2D eigenvalue weighted by Crippen LogP contribution is -2.30. The van der Waals surface area contributed by atoms with E-state index in [0.717, 1.165) is 29.8 Å². The van der Waals surface area contributed by atoms with E-state index in [2.05, 4.69) is 12.2 Å². The Labute approximate surface area is 208 Å². The molecule has 4 heterocycles. The normalized spacial score (nSPS) is 20.9. The molecule has 0 aliphatic carbocycles. The van der Waals surface area contributed by atoms with Gasteiger partial charge in [0.15, 0.2) is 0 Å². The number of hydrogen-bond acceptors (Lipinski definition) is 5. The number of halogens is 1. The molecule has 0 saturated heterocycles. The van der Waals surface area contributed by atoms with Gasteiger partial charge in [-0.25, -0.2) is 22.9 Å². The lowest BCUT2D eigenvalue weighted by Gasteiger charge is -2.21. The first-order valence-corrected chi connectivity index (χ1v) is 13.7. The molecule has 186 valence electrons. The molecule has 2 aromatic heterocycles. The molecule has 0 spiro atoms. The van der Waals surface area contributed by atoms with Crippen LogP contribution in [0.4, 0.5) is 4.39 Å².